The smallest absolute Gasteiger partial charge is 0.126 e. The van der Waals surface area contributed by atoms with E-state index in [2.05, 4.69) is 0 Å². The lowest BCUT2D eigenvalue weighted by molar-refractivity contribution is 0.144. The molecule has 1 aromatic rings. The maximum Gasteiger partial charge on any atom is 0.126 e. The van der Waals surface area contributed by atoms with Gasteiger partial charge in [-0.05, 0) is 36.6 Å². The topological polar surface area (TPSA) is 40.5 Å². The monoisotopic (exact) mass is 216 g/mol. The van der Waals surface area contributed by atoms with Crippen molar-refractivity contribution in [1.29, 1.82) is 0 Å². The minimum atomic E-state index is -0.476. The van der Waals surface area contributed by atoms with Gasteiger partial charge in [0.15, 0.2) is 0 Å². The first-order valence-electron chi connectivity index (χ1n) is 4.83. The van der Waals surface area contributed by atoms with Crippen LogP contribution >= 0.6 is 0 Å². The summed E-state index contributed by atoms with van der Waals surface area (Å²) >= 11 is 0. The van der Waals surface area contributed by atoms with Gasteiger partial charge in [-0.15, -0.1) is 0 Å². The predicted octanol–water partition coefficient (Wildman–Crippen LogP) is 1.50. The van der Waals surface area contributed by atoms with Crippen molar-refractivity contribution in [2.45, 2.75) is 12.8 Å². The van der Waals surface area contributed by atoms with Gasteiger partial charge in [0.25, 0.3) is 0 Å². The summed E-state index contributed by atoms with van der Waals surface area (Å²) in [6, 6.07) is 3.28. The standard InChI is InChI=1S/C11H14F2O2/c12-10-3-4-11(13)9(5-10)2-1-8(6-14)7-15/h3-5,8,14-15H,1-2,6-7H2. The highest BCUT2D eigenvalue weighted by Crippen LogP contribution is 2.14. The first-order chi connectivity index (χ1) is 7.17. The van der Waals surface area contributed by atoms with Gasteiger partial charge < -0.3 is 10.2 Å². The second kappa shape index (κ2) is 5.78. The van der Waals surface area contributed by atoms with E-state index in [-0.39, 0.29) is 24.7 Å². The van der Waals surface area contributed by atoms with Crippen LogP contribution in [0.4, 0.5) is 8.78 Å². The molecule has 0 unspecified atom stereocenters. The summed E-state index contributed by atoms with van der Waals surface area (Å²) in [6.45, 7) is -0.291. The summed E-state index contributed by atoms with van der Waals surface area (Å²) in [5.41, 5.74) is 0.280. The first-order valence-corrected chi connectivity index (χ1v) is 4.83. The Kier molecular flexibility index (Phi) is 4.65. The molecule has 0 amide bonds. The number of hydrogen-bond donors (Lipinski definition) is 2. The Labute approximate surface area is 87.2 Å². The molecule has 0 atom stereocenters. The zero-order valence-electron chi connectivity index (χ0n) is 8.29. The largest absolute Gasteiger partial charge is 0.396 e. The van der Waals surface area contributed by atoms with Crippen LogP contribution in [0.2, 0.25) is 0 Å². The molecule has 0 aromatic heterocycles. The van der Waals surface area contributed by atoms with Crippen molar-refractivity contribution >= 4 is 0 Å². The molecule has 0 fully saturated rings. The van der Waals surface area contributed by atoms with Gasteiger partial charge in [-0.2, -0.15) is 0 Å². The van der Waals surface area contributed by atoms with E-state index in [4.69, 9.17) is 10.2 Å². The molecule has 15 heavy (non-hydrogen) atoms. The lowest BCUT2D eigenvalue weighted by Gasteiger charge is -2.10. The van der Waals surface area contributed by atoms with Crippen LogP contribution in [-0.4, -0.2) is 23.4 Å². The Morgan fingerprint density at radius 3 is 2.40 bits per heavy atom. The predicted molar refractivity (Wildman–Crippen MR) is 52.3 cm³/mol. The number of halogens is 2. The highest BCUT2D eigenvalue weighted by atomic mass is 19.1. The normalized spacial score (nSPS) is 11.0. The van der Waals surface area contributed by atoms with Crippen molar-refractivity contribution in [3.05, 3.63) is 35.4 Å². The average Bonchev–Trinajstić information content (AvgIpc) is 2.24. The molecule has 0 bridgehead atoms. The third-order valence-electron chi connectivity index (χ3n) is 2.35. The van der Waals surface area contributed by atoms with Crippen molar-refractivity contribution < 1.29 is 19.0 Å². The third kappa shape index (κ3) is 3.57. The fourth-order valence-corrected chi connectivity index (χ4v) is 1.33. The molecule has 0 radical (unpaired) electrons. The summed E-state index contributed by atoms with van der Waals surface area (Å²) < 4.78 is 25.9. The van der Waals surface area contributed by atoms with Gasteiger partial charge in [0.1, 0.15) is 11.6 Å². The highest BCUT2D eigenvalue weighted by molar-refractivity contribution is 5.18. The number of aryl methyl sites for hydroxylation is 1. The summed E-state index contributed by atoms with van der Waals surface area (Å²) in [4.78, 5) is 0. The lowest BCUT2D eigenvalue weighted by atomic mass is 10.0. The molecular formula is C11H14F2O2. The molecule has 1 aromatic carbocycles. The minimum Gasteiger partial charge on any atom is -0.396 e. The fraction of sp³-hybridized carbons (Fsp3) is 0.455. The number of rotatable bonds is 5. The summed E-state index contributed by atoms with van der Waals surface area (Å²) in [7, 11) is 0. The summed E-state index contributed by atoms with van der Waals surface area (Å²) in [5, 5.41) is 17.6. The van der Waals surface area contributed by atoms with E-state index in [0.29, 0.717) is 12.8 Å². The van der Waals surface area contributed by atoms with Crippen LogP contribution < -0.4 is 0 Å². The van der Waals surface area contributed by atoms with E-state index in [9.17, 15) is 8.78 Å². The van der Waals surface area contributed by atoms with E-state index >= 15 is 0 Å². The molecule has 1 rings (SSSR count). The average molecular weight is 216 g/mol. The van der Waals surface area contributed by atoms with Crippen LogP contribution in [0.25, 0.3) is 0 Å². The molecule has 0 saturated carbocycles. The Bertz CT molecular complexity index is 311. The van der Waals surface area contributed by atoms with Crippen molar-refractivity contribution in [2.75, 3.05) is 13.2 Å². The van der Waals surface area contributed by atoms with Crippen LogP contribution in [-0.2, 0) is 6.42 Å². The quantitative estimate of drug-likeness (QED) is 0.783. The van der Waals surface area contributed by atoms with Gasteiger partial charge in [-0.3, -0.25) is 0 Å². The Morgan fingerprint density at radius 2 is 1.80 bits per heavy atom. The first kappa shape index (κ1) is 12.1. The molecule has 0 aliphatic carbocycles. The van der Waals surface area contributed by atoms with E-state index < -0.39 is 11.6 Å². The molecule has 4 heteroatoms. The zero-order valence-corrected chi connectivity index (χ0v) is 8.29. The van der Waals surface area contributed by atoms with Crippen molar-refractivity contribution in [3.63, 3.8) is 0 Å². The number of aliphatic hydroxyl groups is 2. The molecule has 2 N–H and O–H groups in total. The molecule has 0 aliphatic heterocycles. The van der Waals surface area contributed by atoms with Gasteiger partial charge in [-0.25, -0.2) is 8.78 Å². The number of hydrogen-bond acceptors (Lipinski definition) is 2. The van der Waals surface area contributed by atoms with Gasteiger partial charge >= 0.3 is 0 Å². The van der Waals surface area contributed by atoms with E-state index in [1.54, 1.807) is 0 Å². The second-order valence-corrected chi connectivity index (χ2v) is 3.51. The molecular weight excluding hydrogens is 202 g/mol. The van der Waals surface area contributed by atoms with Gasteiger partial charge in [0.2, 0.25) is 0 Å². The van der Waals surface area contributed by atoms with Crippen LogP contribution in [0.15, 0.2) is 18.2 Å². The summed E-state index contributed by atoms with van der Waals surface area (Å²) in [6.07, 6.45) is 0.753. The highest BCUT2D eigenvalue weighted by Gasteiger charge is 2.09. The van der Waals surface area contributed by atoms with Gasteiger partial charge in [0.05, 0.1) is 0 Å². The van der Waals surface area contributed by atoms with Crippen LogP contribution in [0.3, 0.4) is 0 Å². The number of benzene rings is 1. The molecule has 0 heterocycles. The van der Waals surface area contributed by atoms with E-state index in [1.165, 1.54) is 0 Å². The van der Waals surface area contributed by atoms with Crippen LogP contribution in [0.1, 0.15) is 12.0 Å². The molecule has 2 nitrogen and oxygen atoms in total. The molecule has 0 aliphatic rings. The van der Waals surface area contributed by atoms with Crippen molar-refractivity contribution in [1.82, 2.24) is 0 Å². The maximum absolute atomic E-state index is 13.1. The minimum absolute atomic E-state index is 0.145. The lowest BCUT2D eigenvalue weighted by Crippen LogP contribution is -2.12. The second-order valence-electron chi connectivity index (χ2n) is 3.51. The van der Waals surface area contributed by atoms with Gasteiger partial charge in [-0.1, -0.05) is 0 Å². The van der Waals surface area contributed by atoms with Gasteiger partial charge in [0, 0.05) is 19.1 Å². The van der Waals surface area contributed by atoms with Crippen LogP contribution in [0.5, 0.6) is 0 Å². The molecule has 84 valence electrons. The van der Waals surface area contributed by atoms with Crippen molar-refractivity contribution in [3.8, 4) is 0 Å². The molecule has 0 spiro atoms. The summed E-state index contributed by atoms with van der Waals surface area (Å²) in [5.74, 6) is -1.20. The third-order valence-corrected chi connectivity index (χ3v) is 2.35. The maximum atomic E-state index is 13.1. The zero-order chi connectivity index (χ0) is 11.3. The fourth-order valence-electron chi connectivity index (χ4n) is 1.33. The molecule has 0 saturated heterocycles. The number of aliphatic hydroxyl groups excluding tert-OH is 2. The Balaban J connectivity index is 2.60. The SMILES string of the molecule is OCC(CO)CCc1cc(F)ccc1F. The van der Waals surface area contributed by atoms with Crippen molar-refractivity contribution in [2.24, 2.45) is 5.92 Å². The van der Waals surface area contributed by atoms with E-state index in [1.807, 2.05) is 0 Å². The van der Waals surface area contributed by atoms with E-state index in [0.717, 1.165) is 18.2 Å². The van der Waals surface area contributed by atoms with Crippen LogP contribution in [0, 0.1) is 17.6 Å². The Morgan fingerprint density at radius 1 is 1.13 bits per heavy atom. The Hall–Kier alpha value is -1.00.